The van der Waals surface area contributed by atoms with E-state index in [-0.39, 0.29) is 36.4 Å². The van der Waals surface area contributed by atoms with Gasteiger partial charge in [-0.05, 0) is 77.2 Å². The van der Waals surface area contributed by atoms with Crippen LogP contribution in [0.3, 0.4) is 0 Å². The number of benzene rings is 4. The first-order valence-electron chi connectivity index (χ1n) is 13.1. The van der Waals surface area contributed by atoms with Gasteiger partial charge in [0.25, 0.3) is 0 Å². The number of halogens is 16. The van der Waals surface area contributed by atoms with E-state index in [4.69, 9.17) is 0 Å². The maximum atomic E-state index is 14.4. The Labute approximate surface area is 259 Å². The predicted molar refractivity (Wildman–Crippen MR) is 139 cm³/mol. The van der Waals surface area contributed by atoms with Crippen LogP contribution < -0.4 is 0 Å². The van der Waals surface area contributed by atoms with E-state index in [2.05, 4.69) is 0 Å². The smallest absolute Gasteiger partial charge is 0.206 e. The minimum atomic E-state index is -5.47. The van der Waals surface area contributed by atoms with Gasteiger partial charge < -0.3 is 0 Å². The van der Waals surface area contributed by atoms with Gasteiger partial charge in [-0.25, -0.2) is 17.6 Å². The molecule has 4 aromatic rings. The minimum Gasteiger partial charge on any atom is -0.206 e. The summed E-state index contributed by atoms with van der Waals surface area (Å²) in [6.07, 6.45) is -21.0. The molecule has 0 aromatic heterocycles. The average molecular weight is 704 g/mol. The lowest BCUT2D eigenvalue weighted by molar-refractivity contribution is -0.140. The fourth-order valence-corrected chi connectivity index (χ4v) is 5.11. The molecule has 0 fully saturated rings. The van der Waals surface area contributed by atoms with Crippen molar-refractivity contribution < 1.29 is 70.2 Å². The van der Waals surface area contributed by atoms with E-state index in [1.807, 2.05) is 0 Å². The summed E-state index contributed by atoms with van der Waals surface area (Å²) in [6.45, 7) is 0. The summed E-state index contributed by atoms with van der Waals surface area (Å²) in [6, 6.07) is 4.16. The van der Waals surface area contributed by atoms with Crippen LogP contribution in [0, 0.1) is 23.3 Å². The van der Waals surface area contributed by atoms with Crippen molar-refractivity contribution in [1.29, 1.82) is 0 Å². The molecule has 0 nitrogen and oxygen atoms in total. The van der Waals surface area contributed by atoms with Crippen molar-refractivity contribution in [1.82, 2.24) is 0 Å². The molecular formula is C32H16F16. The SMILES string of the molecule is Fc1ccc(C=CCC(c2ccc(F)c(C(F)(F)F)c2)(c2ccc(F)c(C(F)(F)F)c2)c2ccc(F)c(C(F)(F)F)c2)cc1C(F)(F)F. The van der Waals surface area contributed by atoms with Gasteiger partial charge in [0.05, 0.1) is 22.3 Å². The zero-order chi connectivity index (χ0) is 36.0. The topological polar surface area (TPSA) is 0 Å². The lowest BCUT2D eigenvalue weighted by atomic mass is 9.66. The maximum absolute atomic E-state index is 14.4. The molecule has 0 aliphatic rings. The van der Waals surface area contributed by atoms with Crippen LogP contribution in [-0.4, -0.2) is 0 Å². The van der Waals surface area contributed by atoms with Crippen LogP contribution in [0.25, 0.3) is 6.08 Å². The molecule has 0 radical (unpaired) electrons. The highest BCUT2D eigenvalue weighted by Gasteiger charge is 2.44. The van der Waals surface area contributed by atoms with Crippen LogP contribution in [0.1, 0.15) is 50.9 Å². The van der Waals surface area contributed by atoms with Crippen LogP contribution in [0.5, 0.6) is 0 Å². The van der Waals surface area contributed by atoms with Crippen LogP contribution in [0.15, 0.2) is 78.9 Å². The van der Waals surface area contributed by atoms with Gasteiger partial charge >= 0.3 is 24.7 Å². The Morgan fingerprint density at radius 3 is 1.00 bits per heavy atom. The van der Waals surface area contributed by atoms with Crippen molar-refractivity contribution in [3.05, 3.63) is 147 Å². The van der Waals surface area contributed by atoms with E-state index in [1.165, 1.54) is 0 Å². The second-order valence-corrected chi connectivity index (χ2v) is 10.3. The number of alkyl halides is 12. The highest BCUT2D eigenvalue weighted by Crippen LogP contribution is 2.48. The Hall–Kier alpha value is -4.50. The van der Waals surface area contributed by atoms with Crippen LogP contribution in [-0.2, 0) is 30.1 Å². The van der Waals surface area contributed by atoms with Gasteiger partial charge in [-0.3, -0.25) is 0 Å². The quantitative estimate of drug-likeness (QED) is 0.138. The third-order valence-corrected chi connectivity index (χ3v) is 7.32. The summed E-state index contributed by atoms with van der Waals surface area (Å²) in [5.74, 6) is -7.39. The summed E-state index contributed by atoms with van der Waals surface area (Å²) < 4.78 is 221. The van der Waals surface area contributed by atoms with E-state index in [0.29, 0.717) is 30.3 Å². The molecule has 0 amide bonds. The molecule has 0 saturated carbocycles. The van der Waals surface area contributed by atoms with Gasteiger partial charge in [-0.2, -0.15) is 52.7 Å². The average Bonchev–Trinajstić information content (AvgIpc) is 2.95. The van der Waals surface area contributed by atoms with Gasteiger partial charge in [0.15, 0.2) is 0 Å². The van der Waals surface area contributed by atoms with E-state index >= 15 is 0 Å². The molecule has 48 heavy (non-hydrogen) atoms. The summed E-state index contributed by atoms with van der Waals surface area (Å²) in [5, 5.41) is 0. The number of hydrogen-bond acceptors (Lipinski definition) is 0. The zero-order valence-electron chi connectivity index (χ0n) is 23.3. The molecule has 0 aliphatic heterocycles. The van der Waals surface area contributed by atoms with Gasteiger partial charge in [0.2, 0.25) is 0 Å². The lowest BCUT2D eigenvalue weighted by Crippen LogP contribution is -2.31. The molecular weight excluding hydrogens is 688 g/mol. The molecule has 4 aromatic carbocycles. The Bertz CT molecular complexity index is 1690. The third-order valence-electron chi connectivity index (χ3n) is 7.32. The molecule has 0 unspecified atom stereocenters. The fraction of sp³-hybridized carbons (Fsp3) is 0.188. The normalized spacial score (nSPS) is 13.4. The van der Waals surface area contributed by atoms with Gasteiger partial charge in [-0.15, -0.1) is 0 Å². The number of allylic oxidation sites excluding steroid dienone is 1. The molecule has 0 heterocycles. The van der Waals surface area contributed by atoms with Gasteiger partial charge in [-0.1, -0.05) is 36.4 Å². The summed E-state index contributed by atoms with van der Waals surface area (Å²) in [4.78, 5) is 0. The Balaban J connectivity index is 2.13. The first-order chi connectivity index (χ1) is 22.0. The molecule has 0 aliphatic carbocycles. The molecule has 4 rings (SSSR count). The molecule has 256 valence electrons. The van der Waals surface area contributed by atoms with Crippen LogP contribution >= 0.6 is 0 Å². The molecule has 0 atom stereocenters. The lowest BCUT2D eigenvalue weighted by Gasteiger charge is -2.36. The van der Waals surface area contributed by atoms with Crippen LogP contribution in [0.4, 0.5) is 70.2 Å². The summed E-state index contributed by atoms with van der Waals surface area (Å²) >= 11 is 0. The Kier molecular flexibility index (Phi) is 9.47. The molecule has 0 saturated heterocycles. The third kappa shape index (κ3) is 7.31. The minimum absolute atomic E-state index is 0.0794. The van der Waals surface area contributed by atoms with Crippen molar-refractivity contribution in [3.63, 3.8) is 0 Å². The van der Waals surface area contributed by atoms with E-state index in [0.717, 1.165) is 18.2 Å². The largest absolute Gasteiger partial charge is 0.419 e. The molecule has 0 spiro atoms. The Morgan fingerprint density at radius 2 is 0.688 bits per heavy atom. The number of hydrogen-bond donors (Lipinski definition) is 0. The van der Waals surface area contributed by atoms with Crippen LogP contribution in [0.2, 0.25) is 0 Å². The van der Waals surface area contributed by atoms with Crippen molar-refractivity contribution in [3.8, 4) is 0 Å². The standard InChI is InChI=1S/C32H16F16/c33-24-7-3-16(12-20(24)29(37,38)39)2-1-11-28(17-4-8-25(34)21(13-17)30(40,41)42,18-5-9-26(35)22(14-18)31(43,44)45)19-6-10-27(36)23(15-19)32(46,47)48/h1-10,12-15H,11H2. The van der Waals surface area contributed by atoms with Gasteiger partial charge in [0.1, 0.15) is 23.3 Å². The first kappa shape index (κ1) is 36.3. The van der Waals surface area contributed by atoms with E-state index in [9.17, 15) is 70.2 Å². The molecule has 0 N–H and O–H groups in total. The van der Waals surface area contributed by atoms with Crippen molar-refractivity contribution >= 4 is 6.08 Å². The molecule has 0 bridgehead atoms. The second-order valence-electron chi connectivity index (χ2n) is 10.3. The fourth-order valence-electron chi connectivity index (χ4n) is 5.11. The monoisotopic (exact) mass is 704 g/mol. The summed E-state index contributed by atoms with van der Waals surface area (Å²) in [5.41, 5.74) is -13.4. The zero-order valence-corrected chi connectivity index (χ0v) is 23.3. The summed E-state index contributed by atoms with van der Waals surface area (Å²) in [7, 11) is 0. The number of rotatable bonds is 6. The highest BCUT2D eigenvalue weighted by molar-refractivity contribution is 5.57. The second kappa shape index (κ2) is 12.5. The van der Waals surface area contributed by atoms with E-state index < -0.39 is 104 Å². The van der Waals surface area contributed by atoms with Crippen molar-refractivity contribution in [2.45, 2.75) is 36.5 Å². The van der Waals surface area contributed by atoms with E-state index in [1.54, 1.807) is 0 Å². The highest BCUT2D eigenvalue weighted by atomic mass is 19.4. The first-order valence-corrected chi connectivity index (χ1v) is 13.1. The van der Waals surface area contributed by atoms with Gasteiger partial charge in [0, 0.05) is 5.41 Å². The van der Waals surface area contributed by atoms with Crippen molar-refractivity contribution in [2.24, 2.45) is 0 Å². The molecule has 16 heteroatoms. The maximum Gasteiger partial charge on any atom is 0.419 e. The van der Waals surface area contributed by atoms with Crippen molar-refractivity contribution in [2.75, 3.05) is 0 Å². The Morgan fingerprint density at radius 1 is 0.396 bits per heavy atom. The predicted octanol–water partition coefficient (Wildman–Crippen LogP) is 11.8.